The number of unbranched alkanes of at least 4 members (excludes halogenated alkanes) is 3. The van der Waals surface area contributed by atoms with Crippen LogP contribution in [-0.4, -0.2) is 107 Å². The molecule has 0 spiro atoms. The fraction of sp³-hybridized carbons (Fsp3) is 0.250. The molecule has 18 heteroatoms. The number of anilines is 1. The van der Waals surface area contributed by atoms with E-state index in [1.165, 1.54) is 44.1 Å². The van der Waals surface area contributed by atoms with Crippen LogP contribution in [0.5, 0.6) is 11.5 Å². The molecule has 8 aromatic rings. The molecule has 17 nitrogen and oxygen atoms in total. The number of rotatable bonds is 20. The summed E-state index contributed by atoms with van der Waals surface area (Å²) in [6.45, 7) is 4.05. The number of aliphatic hydroxyl groups excluding tert-OH is 2. The van der Waals surface area contributed by atoms with Gasteiger partial charge in [-0.05, 0) is 137 Å². The molecule has 4 aromatic carbocycles. The van der Waals surface area contributed by atoms with Gasteiger partial charge in [0.15, 0.2) is 12.6 Å². The first-order valence-electron chi connectivity index (χ1n) is 25.6. The highest BCUT2D eigenvalue weighted by atomic mass is 32.2. The normalized spacial score (nSPS) is 11.9. The van der Waals surface area contributed by atoms with E-state index in [0.717, 1.165) is 89.5 Å². The first-order chi connectivity index (χ1) is 38.1. The standard InChI is InChI=1S/C28H24N2O4.C26H27N5O3S.C5H11N.CH6N2/c31-13-3-1-2-4-14-34-25-11-9-21(10-12-25)20-5-7-22(8-6-20)27-15-23(18-32)26-17-29-24(19-33)16-28(26)30-27;1-35-31-25-15-24-22(16-28-25)21(26(33)30-27)14-23(29-24)19-6-4-17(5-7-19)18-8-10-20(11-9-18)34-13-3-2-12-32;1-6-4-2-3-5-6;1-3-2/h3,5-13,15-19,31H,1-2,4,14H2;4-11,14-16,32H,2-3,12-13,27H2,1H3,(H,28,31)(H,30,33);2-5H2,1H3;3H,2H2,1H3/b13-3-;;;. The zero-order chi connectivity index (χ0) is 55.5. The average Bonchev–Trinajstić information content (AvgIpc) is 3.97. The number of nitrogens with zero attached hydrogens (tertiary/aromatic N) is 5. The summed E-state index contributed by atoms with van der Waals surface area (Å²) in [7, 11) is 3.83. The summed E-state index contributed by atoms with van der Waals surface area (Å²) in [5.41, 5.74) is 14.1. The van der Waals surface area contributed by atoms with Crippen molar-refractivity contribution in [2.24, 2.45) is 11.7 Å². The number of hydrogen-bond acceptors (Lipinski definition) is 17. The summed E-state index contributed by atoms with van der Waals surface area (Å²) in [5, 5.41) is 18.7. The minimum absolute atomic E-state index is 0.183. The molecule has 0 atom stereocenters. The summed E-state index contributed by atoms with van der Waals surface area (Å²) in [5.74, 6) is 11.9. The van der Waals surface area contributed by atoms with Crippen LogP contribution >= 0.6 is 11.9 Å². The van der Waals surface area contributed by atoms with E-state index in [2.05, 4.69) is 48.3 Å². The third-order valence-corrected chi connectivity index (χ3v) is 12.7. The highest BCUT2D eigenvalue weighted by Gasteiger charge is 2.16. The van der Waals surface area contributed by atoms with Crippen molar-refractivity contribution < 1.29 is 34.1 Å². The van der Waals surface area contributed by atoms with E-state index in [0.29, 0.717) is 69.6 Å². The van der Waals surface area contributed by atoms with Crippen LogP contribution in [0.25, 0.3) is 66.6 Å². The summed E-state index contributed by atoms with van der Waals surface area (Å²) in [6, 6.07) is 38.7. The number of aromatic nitrogens is 4. The number of aliphatic hydroxyl groups is 2. The maximum absolute atomic E-state index is 12.5. The molecule has 1 aliphatic rings. The van der Waals surface area contributed by atoms with Crippen molar-refractivity contribution in [2.45, 2.75) is 44.9 Å². The third kappa shape index (κ3) is 17.5. The minimum Gasteiger partial charge on any atom is -0.516 e. The molecular formula is C60H68N10O7S. The zero-order valence-electron chi connectivity index (χ0n) is 44.2. The largest absolute Gasteiger partial charge is 0.516 e. The second-order valence-corrected chi connectivity index (χ2v) is 18.5. The number of pyridine rings is 4. The Labute approximate surface area is 459 Å². The van der Waals surface area contributed by atoms with Crippen molar-refractivity contribution >= 4 is 58.1 Å². The summed E-state index contributed by atoms with van der Waals surface area (Å²) < 4.78 is 14.6. The van der Waals surface area contributed by atoms with E-state index in [-0.39, 0.29) is 12.3 Å². The maximum atomic E-state index is 12.5. The summed E-state index contributed by atoms with van der Waals surface area (Å²) in [6.07, 6.45) is 16.4. The van der Waals surface area contributed by atoms with Crippen molar-refractivity contribution in [1.82, 2.24) is 35.7 Å². The number of hydrazine groups is 2. The Morgan fingerprint density at radius 2 is 1.18 bits per heavy atom. The van der Waals surface area contributed by atoms with Crippen molar-refractivity contribution in [3.05, 3.63) is 163 Å². The number of amides is 1. The zero-order valence-corrected chi connectivity index (χ0v) is 45.0. The second kappa shape index (κ2) is 31.8. The smallest absolute Gasteiger partial charge is 0.265 e. The van der Waals surface area contributed by atoms with Gasteiger partial charge in [-0.1, -0.05) is 90.8 Å². The van der Waals surface area contributed by atoms with Crippen LogP contribution in [0.3, 0.4) is 0 Å². The van der Waals surface area contributed by atoms with E-state index < -0.39 is 5.91 Å². The van der Waals surface area contributed by atoms with E-state index in [1.807, 2.05) is 109 Å². The second-order valence-electron chi connectivity index (χ2n) is 17.9. The molecule has 1 fully saturated rings. The van der Waals surface area contributed by atoms with Gasteiger partial charge in [0.25, 0.3) is 5.91 Å². The Morgan fingerprint density at radius 1 is 0.679 bits per heavy atom. The van der Waals surface area contributed by atoms with Gasteiger partial charge in [-0.2, -0.15) is 0 Å². The molecule has 9 rings (SSSR count). The van der Waals surface area contributed by atoms with Crippen LogP contribution in [-0.2, 0) is 0 Å². The van der Waals surface area contributed by atoms with Gasteiger partial charge in [-0.25, -0.2) is 20.8 Å². The van der Waals surface area contributed by atoms with Crippen LogP contribution in [0.2, 0.25) is 0 Å². The summed E-state index contributed by atoms with van der Waals surface area (Å²) >= 11 is 1.43. The Balaban J connectivity index is 0.000000218. The molecule has 0 bridgehead atoms. The third-order valence-electron chi connectivity index (χ3n) is 12.3. The number of hydrogen-bond donors (Lipinski definition) is 7. The van der Waals surface area contributed by atoms with E-state index >= 15 is 0 Å². The van der Waals surface area contributed by atoms with Crippen LogP contribution < -0.4 is 36.7 Å². The quantitative estimate of drug-likeness (QED) is 0.00712. The van der Waals surface area contributed by atoms with Gasteiger partial charge in [-0.3, -0.25) is 36.1 Å². The van der Waals surface area contributed by atoms with E-state index in [4.69, 9.17) is 30.5 Å². The van der Waals surface area contributed by atoms with Crippen molar-refractivity contribution in [3.8, 4) is 56.3 Å². The number of nitrogens with two attached hydrogens (primary N) is 2. The Bertz CT molecular complexity index is 3180. The molecule has 1 amide bonds. The molecule has 1 aliphatic heterocycles. The number of carbonyl (C=O) groups is 3. The fourth-order valence-electron chi connectivity index (χ4n) is 8.23. The van der Waals surface area contributed by atoms with Gasteiger partial charge in [0.1, 0.15) is 23.0 Å². The van der Waals surface area contributed by atoms with Gasteiger partial charge in [0, 0.05) is 58.8 Å². The lowest BCUT2D eigenvalue weighted by Crippen LogP contribution is -2.30. The van der Waals surface area contributed by atoms with Crippen LogP contribution in [0.15, 0.2) is 146 Å². The van der Waals surface area contributed by atoms with Crippen LogP contribution in [0.1, 0.15) is 76.2 Å². The first-order valence-corrected chi connectivity index (χ1v) is 26.8. The average molecular weight is 1070 g/mol. The summed E-state index contributed by atoms with van der Waals surface area (Å²) in [4.78, 5) is 55.3. The van der Waals surface area contributed by atoms with Crippen molar-refractivity contribution in [2.75, 3.05) is 58.0 Å². The van der Waals surface area contributed by atoms with Crippen molar-refractivity contribution in [1.29, 1.82) is 0 Å². The number of nitrogen functional groups attached to an aromatic ring is 1. The molecule has 1 saturated heterocycles. The van der Waals surface area contributed by atoms with Gasteiger partial charge in [-0.15, -0.1) is 0 Å². The van der Waals surface area contributed by atoms with Gasteiger partial charge in [0.2, 0.25) is 0 Å². The Hall–Kier alpha value is -8.10. The monoisotopic (exact) mass is 1070 g/mol. The molecule has 0 aliphatic carbocycles. The highest BCUT2D eigenvalue weighted by molar-refractivity contribution is 7.99. The molecule has 78 heavy (non-hydrogen) atoms. The lowest BCUT2D eigenvalue weighted by molar-refractivity contribution is 0.0954. The molecule has 406 valence electrons. The molecule has 4 aromatic heterocycles. The first kappa shape index (κ1) is 59.1. The maximum Gasteiger partial charge on any atom is 0.265 e. The number of carbonyl (C=O) groups excluding carboxylic acids is 3. The highest BCUT2D eigenvalue weighted by Crippen LogP contribution is 2.31. The molecular weight excluding hydrogens is 1000 g/mol. The van der Waals surface area contributed by atoms with Gasteiger partial charge < -0.3 is 29.3 Å². The SMILES string of the molecule is CN1CCCC1.CNN.CSNc1cc2nc(-c3ccc(-c4ccc(OCCCCO)cc4)cc3)cc(C(=O)NN)c2cn1.O=Cc1cc2nc(-c3ccc(-c4ccc(OCCCC/C=C\O)cc4)cc3)cc(C=O)c2cn1. The molecule has 5 heterocycles. The minimum atomic E-state index is -0.402. The predicted molar refractivity (Wildman–Crippen MR) is 313 cm³/mol. The number of fused-ring (bicyclic) bond motifs is 2. The Morgan fingerprint density at radius 3 is 1.65 bits per heavy atom. The number of ether oxygens (including phenoxy) is 2. The van der Waals surface area contributed by atoms with Crippen LogP contribution in [0.4, 0.5) is 5.82 Å². The van der Waals surface area contributed by atoms with E-state index in [1.54, 1.807) is 37.5 Å². The molecule has 0 radical (unpaired) electrons. The molecule has 0 unspecified atom stereocenters. The molecule has 0 saturated carbocycles. The number of allylic oxidation sites excluding steroid dienone is 1. The van der Waals surface area contributed by atoms with Crippen molar-refractivity contribution in [3.63, 3.8) is 0 Å². The Kier molecular flexibility index (Phi) is 24.1. The van der Waals surface area contributed by atoms with E-state index in [9.17, 15) is 14.4 Å². The van der Waals surface area contributed by atoms with Gasteiger partial charge in [0.05, 0.1) is 47.5 Å². The van der Waals surface area contributed by atoms with Gasteiger partial charge >= 0.3 is 0 Å². The lowest BCUT2D eigenvalue weighted by Gasteiger charge is -2.11. The fourth-order valence-corrected chi connectivity index (χ4v) is 8.55. The number of benzene rings is 4. The lowest BCUT2D eigenvalue weighted by atomic mass is 10.0. The predicted octanol–water partition coefficient (Wildman–Crippen LogP) is 10.4. The number of nitrogens with one attached hydrogen (secondary N) is 3. The number of aldehydes is 2. The topological polar surface area (TPSA) is 253 Å². The molecule has 9 N–H and O–H groups in total. The number of likely N-dealkylation sites (tertiary alicyclic amines) is 1. The van der Waals surface area contributed by atoms with Crippen LogP contribution in [0, 0.1) is 0 Å².